The topological polar surface area (TPSA) is 101 Å². The number of hydrogen-bond acceptors (Lipinski definition) is 5. The SMILES string of the molecule is O=P(O)(O)C(F)(F)c1ccc(C[C@@](C/C=C/c2ccccc2)(c2nc3ccccc3s2)n2nnc3ccccc32)cc1. The van der Waals surface area contributed by atoms with Gasteiger partial charge in [-0.1, -0.05) is 96.2 Å². The summed E-state index contributed by atoms with van der Waals surface area (Å²) >= 11 is 1.53. The molecule has 0 radical (unpaired) electrons. The van der Waals surface area contributed by atoms with Crippen LogP contribution in [-0.2, 0) is 22.2 Å². The molecule has 6 aromatic rings. The molecule has 6 rings (SSSR count). The number of rotatable bonds is 9. The number of halogens is 2. The van der Waals surface area contributed by atoms with Gasteiger partial charge in [0.1, 0.15) is 16.1 Å². The van der Waals surface area contributed by atoms with Crippen molar-refractivity contribution in [2.75, 3.05) is 0 Å². The van der Waals surface area contributed by atoms with E-state index in [-0.39, 0.29) is 0 Å². The lowest BCUT2D eigenvalue weighted by Gasteiger charge is -2.32. The van der Waals surface area contributed by atoms with E-state index in [2.05, 4.69) is 10.3 Å². The van der Waals surface area contributed by atoms with Crippen LogP contribution in [0.15, 0.2) is 109 Å². The fraction of sp³-hybridized carbons (Fsp3) is 0.129. The van der Waals surface area contributed by atoms with Gasteiger partial charge in [-0.25, -0.2) is 9.67 Å². The summed E-state index contributed by atoms with van der Waals surface area (Å²) in [5.74, 6) is 0. The number of hydrogen-bond donors (Lipinski definition) is 2. The Kier molecular flexibility index (Phi) is 7.32. The van der Waals surface area contributed by atoms with Gasteiger partial charge in [0.2, 0.25) is 0 Å². The summed E-state index contributed by atoms with van der Waals surface area (Å²) in [5.41, 5.74) is -1.97. The standard InChI is InChI=1S/C31H25F2N4O3PS/c32-31(33,41(38,39)40)24-18-16-23(17-19-24)21-30(20-8-11-22-9-2-1-3-10-22,29-34-26-13-5-7-15-28(26)42-29)37-27-14-6-4-12-25(27)35-36-37/h1-19H,20-21H2,(H2,38,39,40)/b11-8+/t30-/m0/s1. The summed E-state index contributed by atoms with van der Waals surface area (Å²) in [5, 5.41) is 9.79. The molecule has 0 saturated carbocycles. The maximum absolute atomic E-state index is 14.4. The lowest BCUT2D eigenvalue weighted by Crippen LogP contribution is -2.38. The Labute approximate surface area is 244 Å². The monoisotopic (exact) mass is 602 g/mol. The summed E-state index contributed by atoms with van der Waals surface area (Å²) < 4.78 is 43.2. The average Bonchev–Trinajstić information content (AvgIpc) is 3.62. The predicted molar refractivity (Wildman–Crippen MR) is 160 cm³/mol. The molecule has 0 saturated heterocycles. The number of para-hydroxylation sites is 2. The summed E-state index contributed by atoms with van der Waals surface area (Å²) in [6.45, 7) is 0. The van der Waals surface area contributed by atoms with Crippen molar-refractivity contribution in [3.05, 3.63) is 131 Å². The van der Waals surface area contributed by atoms with Gasteiger partial charge in [-0.05, 0) is 41.8 Å². The van der Waals surface area contributed by atoms with Crippen LogP contribution in [0.5, 0.6) is 0 Å². The van der Waals surface area contributed by atoms with Gasteiger partial charge < -0.3 is 9.79 Å². The van der Waals surface area contributed by atoms with E-state index in [1.165, 1.54) is 23.5 Å². The van der Waals surface area contributed by atoms with E-state index < -0.39 is 24.4 Å². The molecular weight excluding hydrogens is 577 g/mol. The molecule has 7 nitrogen and oxygen atoms in total. The molecule has 0 aliphatic heterocycles. The van der Waals surface area contributed by atoms with Gasteiger partial charge in [-0.3, -0.25) is 4.57 Å². The van der Waals surface area contributed by atoms with Crippen LogP contribution < -0.4 is 0 Å². The van der Waals surface area contributed by atoms with Crippen LogP contribution in [0, 0.1) is 0 Å². The molecule has 2 heterocycles. The first kappa shape index (κ1) is 28.1. The first-order valence-corrected chi connectivity index (χ1v) is 15.5. The van der Waals surface area contributed by atoms with Gasteiger partial charge in [-0.15, -0.1) is 16.4 Å². The molecule has 11 heteroatoms. The number of thiazole rings is 1. The molecule has 0 aliphatic rings. The Balaban J connectivity index is 1.53. The zero-order valence-electron chi connectivity index (χ0n) is 22.1. The molecule has 0 aliphatic carbocycles. The molecule has 0 fully saturated rings. The zero-order valence-corrected chi connectivity index (χ0v) is 23.8. The minimum atomic E-state index is -5.70. The fourth-order valence-electron chi connectivity index (χ4n) is 5.03. The van der Waals surface area contributed by atoms with Crippen molar-refractivity contribution < 1.29 is 23.1 Å². The smallest absolute Gasteiger partial charge is 0.320 e. The van der Waals surface area contributed by atoms with Crippen LogP contribution in [0.1, 0.15) is 28.1 Å². The minimum Gasteiger partial charge on any atom is -0.320 e. The summed E-state index contributed by atoms with van der Waals surface area (Å²) in [6, 6.07) is 30.4. The van der Waals surface area contributed by atoms with Crippen molar-refractivity contribution in [2.24, 2.45) is 0 Å². The third-order valence-corrected chi connectivity index (χ3v) is 9.40. The maximum atomic E-state index is 14.4. The van der Waals surface area contributed by atoms with Gasteiger partial charge in [0.05, 0.1) is 15.7 Å². The number of fused-ring (bicyclic) bond motifs is 2. The molecule has 1 atom stereocenters. The van der Waals surface area contributed by atoms with Gasteiger partial charge in [0.15, 0.2) is 0 Å². The zero-order chi connectivity index (χ0) is 29.4. The second-order valence-electron chi connectivity index (χ2n) is 9.98. The second kappa shape index (κ2) is 11.0. The molecule has 4 aromatic carbocycles. The summed E-state index contributed by atoms with van der Waals surface area (Å²) in [6.07, 6.45) is 4.80. The minimum absolute atomic E-state index is 0.293. The Hall–Kier alpha value is -4.08. The van der Waals surface area contributed by atoms with E-state index in [1.807, 2.05) is 95.7 Å². The van der Waals surface area contributed by atoms with Gasteiger partial charge in [0, 0.05) is 12.0 Å². The van der Waals surface area contributed by atoms with Crippen molar-refractivity contribution >= 4 is 46.3 Å². The third-order valence-electron chi connectivity index (χ3n) is 7.18. The molecule has 0 amide bonds. The molecule has 0 unspecified atom stereocenters. The molecule has 2 aromatic heterocycles. The van der Waals surface area contributed by atoms with Crippen molar-refractivity contribution in [3.63, 3.8) is 0 Å². The van der Waals surface area contributed by atoms with Crippen LogP contribution in [0.4, 0.5) is 8.78 Å². The van der Waals surface area contributed by atoms with Crippen molar-refractivity contribution in [1.29, 1.82) is 0 Å². The van der Waals surface area contributed by atoms with Gasteiger partial charge in [0.25, 0.3) is 0 Å². The van der Waals surface area contributed by atoms with E-state index in [1.54, 1.807) is 0 Å². The van der Waals surface area contributed by atoms with Crippen LogP contribution >= 0.6 is 18.9 Å². The Bertz CT molecular complexity index is 1900. The molecular formula is C31H25F2N4O3PS. The largest absolute Gasteiger partial charge is 0.399 e. The van der Waals surface area contributed by atoms with Crippen LogP contribution in [0.2, 0.25) is 0 Å². The maximum Gasteiger partial charge on any atom is 0.399 e. The lowest BCUT2D eigenvalue weighted by atomic mass is 9.87. The first-order chi connectivity index (χ1) is 20.2. The highest BCUT2D eigenvalue weighted by Crippen LogP contribution is 2.59. The number of benzene rings is 4. The molecule has 212 valence electrons. The quantitative estimate of drug-likeness (QED) is 0.168. The normalized spacial score (nSPS) is 14.1. The number of aromatic nitrogens is 4. The van der Waals surface area contributed by atoms with Crippen LogP contribution in [0.25, 0.3) is 27.3 Å². The molecule has 0 bridgehead atoms. The number of allylic oxidation sites excluding steroid dienone is 1. The van der Waals surface area contributed by atoms with E-state index in [9.17, 15) is 23.1 Å². The highest BCUT2D eigenvalue weighted by molar-refractivity contribution is 7.52. The highest BCUT2D eigenvalue weighted by atomic mass is 32.1. The highest BCUT2D eigenvalue weighted by Gasteiger charge is 2.50. The fourth-order valence-corrected chi connectivity index (χ4v) is 6.66. The number of alkyl halides is 2. The van der Waals surface area contributed by atoms with E-state index in [4.69, 9.17) is 4.98 Å². The van der Waals surface area contributed by atoms with Crippen molar-refractivity contribution in [3.8, 4) is 0 Å². The van der Waals surface area contributed by atoms with E-state index in [0.717, 1.165) is 38.4 Å². The molecule has 2 N–H and O–H groups in total. The molecule has 42 heavy (non-hydrogen) atoms. The van der Waals surface area contributed by atoms with Crippen molar-refractivity contribution in [2.45, 2.75) is 24.0 Å². The predicted octanol–water partition coefficient (Wildman–Crippen LogP) is 7.36. The Morgan fingerprint density at radius 3 is 2.24 bits per heavy atom. The van der Waals surface area contributed by atoms with Gasteiger partial charge >= 0.3 is 13.3 Å². The first-order valence-electron chi connectivity index (χ1n) is 13.1. The van der Waals surface area contributed by atoms with Gasteiger partial charge in [-0.2, -0.15) is 8.78 Å². The second-order valence-corrected chi connectivity index (χ2v) is 12.7. The Morgan fingerprint density at radius 2 is 1.52 bits per heavy atom. The summed E-state index contributed by atoms with van der Waals surface area (Å²) in [4.78, 5) is 23.5. The van der Waals surface area contributed by atoms with Crippen LogP contribution in [0.3, 0.4) is 0 Å². The van der Waals surface area contributed by atoms with Crippen LogP contribution in [-0.4, -0.2) is 29.8 Å². The third kappa shape index (κ3) is 5.18. The van der Waals surface area contributed by atoms with E-state index in [0.29, 0.717) is 23.9 Å². The van der Waals surface area contributed by atoms with Crippen molar-refractivity contribution in [1.82, 2.24) is 20.0 Å². The average molecular weight is 603 g/mol. The molecule has 0 spiro atoms. The lowest BCUT2D eigenvalue weighted by molar-refractivity contribution is 0.0564. The summed E-state index contributed by atoms with van der Waals surface area (Å²) in [7, 11) is -5.70. The van der Waals surface area contributed by atoms with E-state index >= 15 is 0 Å². The number of nitrogens with zero attached hydrogens (tertiary/aromatic N) is 4. The Morgan fingerprint density at radius 1 is 0.857 bits per heavy atom.